The average molecular weight is 467 g/mol. The van der Waals surface area contributed by atoms with E-state index >= 15 is 0 Å². The molecule has 0 aliphatic heterocycles. The fourth-order valence-electron chi connectivity index (χ4n) is 2.61. The Morgan fingerprint density at radius 2 is 1.00 bits per heavy atom. The SMILES string of the molecule is CC(O)C(Cl)C(C)O.CCCc1ccc(C(=O)O)cc1.CCCc1ccc(C(=O)O)cc1. The predicted molar refractivity (Wildman–Crippen MR) is 128 cm³/mol. The second-order valence-corrected chi connectivity index (χ2v) is 7.93. The van der Waals surface area contributed by atoms with Crippen LogP contribution in [0.2, 0.25) is 0 Å². The molecule has 7 heteroatoms. The van der Waals surface area contributed by atoms with Crippen LogP contribution in [0.5, 0.6) is 0 Å². The van der Waals surface area contributed by atoms with Gasteiger partial charge in [-0.15, -0.1) is 11.6 Å². The van der Waals surface area contributed by atoms with Crippen LogP contribution in [0.15, 0.2) is 48.5 Å². The summed E-state index contributed by atoms with van der Waals surface area (Å²) < 4.78 is 0. The number of carboxylic acid groups (broad SMARTS) is 2. The molecule has 0 spiro atoms. The van der Waals surface area contributed by atoms with Crippen molar-refractivity contribution in [3.05, 3.63) is 70.8 Å². The van der Waals surface area contributed by atoms with E-state index in [1.165, 1.54) is 11.1 Å². The number of aromatic carboxylic acids is 2. The van der Waals surface area contributed by atoms with E-state index in [-0.39, 0.29) is 0 Å². The molecule has 32 heavy (non-hydrogen) atoms. The molecule has 0 fully saturated rings. The summed E-state index contributed by atoms with van der Waals surface area (Å²) in [6, 6.07) is 14.1. The highest BCUT2D eigenvalue weighted by atomic mass is 35.5. The number of aryl methyl sites for hydroxylation is 2. The number of carbonyl (C=O) groups is 2. The number of aliphatic hydroxyl groups is 2. The second kappa shape index (κ2) is 16.3. The number of halogens is 1. The van der Waals surface area contributed by atoms with Crippen LogP contribution < -0.4 is 0 Å². The van der Waals surface area contributed by atoms with Gasteiger partial charge in [-0.2, -0.15) is 0 Å². The van der Waals surface area contributed by atoms with Crippen LogP contribution in [0.3, 0.4) is 0 Å². The van der Waals surface area contributed by atoms with Crippen molar-refractivity contribution in [2.75, 3.05) is 0 Å². The molecule has 6 nitrogen and oxygen atoms in total. The maximum atomic E-state index is 10.5. The Balaban J connectivity index is 0.000000462. The summed E-state index contributed by atoms with van der Waals surface area (Å²) >= 11 is 5.45. The fourth-order valence-corrected chi connectivity index (χ4v) is 2.61. The minimum Gasteiger partial charge on any atom is -0.478 e. The van der Waals surface area contributed by atoms with Gasteiger partial charge in [0.25, 0.3) is 0 Å². The summed E-state index contributed by atoms with van der Waals surface area (Å²) in [5, 5.41) is 34.1. The summed E-state index contributed by atoms with van der Waals surface area (Å²) in [5.74, 6) is -1.73. The number of hydrogen-bond acceptors (Lipinski definition) is 4. The van der Waals surface area contributed by atoms with Crippen LogP contribution >= 0.6 is 11.6 Å². The maximum absolute atomic E-state index is 10.5. The van der Waals surface area contributed by atoms with Gasteiger partial charge in [0.15, 0.2) is 0 Å². The van der Waals surface area contributed by atoms with Crippen molar-refractivity contribution in [1.29, 1.82) is 0 Å². The molecular formula is C25H35ClO6. The number of aliphatic hydroxyl groups excluding tert-OH is 2. The number of benzene rings is 2. The van der Waals surface area contributed by atoms with Crippen LogP contribution in [-0.2, 0) is 12.8 Å². The second-order valence-electron chi connectivity index (χ2n) is 7.43. The van der Waals surface area contributed by atoms with Gasteiger partial charge in [0.05, 0.1) is 28.7 Å². The van der Waals surface area contributed by atoms with Crippen LogP contribution in [0, 0.1) is 0 Å². The predicted octanol–water partition coefficient (Wildman–Crippen LogP) is 5.03. The molecule has 2 unspecified atom stereocenters. The van der Waals surface area contributed by atoms with E-state index in [1.807, 2.05) is 24.3 Å². The van der Waals surface area contributed by atoms with Gasteiger partial charge in [-0.1, -0.05) is 51.0 Å². The molecular weight excluding hydrogens is 432 g/mol. The lowest BCUT2D eigenvalue weighted by Crippen LogP contribution is -2.27. The highest BCUT2D eigenvalue weighted by Gasteiger charge is 2.16. The molecule has 0 aromatic heterocycles. The molecule has 0 heterocycles. The van der Waals surface area contributed by atoms with Gasteiger partial charge in [0, 0.05) is 0 Å². The zero-order valence-corrected chi connectivity index (χ0v) is 19.9. The van der Waals surface area contributed by atoms with E-state index in [0.717, 1.165) is 25.7 Å². The third-order valence-corrected chi connectivity index (χ3v) is 5.13. The summed E-state index contributed by atoms with van der Waals surface area (Å²) in [5.41, 5.74) is 3.11. The van der Waals surface area contributed by atoms with Crippen molar-refractivity contribution >= 4 is 23.5 Å². The lowest BCUT2D eigenvalue weighted by Gasteiger charge is -2.14. The molecule has 2 aromatic rings. The molecule has 4 N–H and O–H groups in total. The Bertz CT molecular complexity index is 718. The Morgan fingerprint density at radius 1 is 0.719 bits per heavy atom. The molecule has 178 valence electrons. The number of alkyl halides is 1. The van der Waals surface area contributed by atoms with E-state index in [2.05, 4.69) is 13.8 Å². The van der Waals surface area contributed by atoms with E-state index in [9.17, 15) is 9.59 Å². The molecule has 2 rings (SSSR count). The van der Waals surface area contributed by atoms with Crippen LogP contribution in [0.4, 0.5) is 0 Å². The average Bonchev–Trinajstić information content (AvgIpc) is 2.75. The molecule has 0 radical (unpaired) electrons. The highest BCUT2D eigenvalue weighted by molar-refractivity contribution is 6.21. The summed E-state index contributed by atoms with van der Waals surface area (Å²) in [7, 11) is 0. The van der Waals surface area contributed by atoms with E-state index in [1.54, 1.807) is 38.1 Å². The Labute approximate surface area is 195 Å². The first kappa shape index (κ1) is 29.6. The van der Waals surface area contributed by atoms with Crippen LogP contribution in [0.25, 0.3) is 0 Å². The van der Waals surface area contributed by atoms with Gasteiger partial charge in [-0.3, -0.25) is 0 Å². The normalized spacial score (nSPS) is 12.8. The molecule has 2 aromatic carbocycles. The quantitative estimate of drug-likeness (QED) is 0.405. The third kappa shape index (κ3) is 12.4. The molecule has 0 saturated heterocycles. The molecule has 0 bridgehead atoms. The summed E-state index contributed by atoms with van der Waals surface area (Å²) in [6.45, 7) is 7.30. The fraction of sp³-hybridized carbons (Fsp3) is 0.440. The largest absolute Gasteiger partial charge is 0.478 e. The third-order valence-electron chi connectivity index (χ3n) is 4.40. The first-order valence-electron chi connectivity index (χ1n) is 10.7. The Hall–Kier alpha value is -2.41. The van der Waals surface area contributed by atoms with Crippen molar-refractivity contribution in [3.63, 3.8) is 0 Å². The number of rotatable bonds is 8. The zero-order chi connectivity index (χ0) is 24.7. The van der Waals surface area contributed by atoms with Gasteiger partial charge < -0.3 is 20.4 Å². The first-order chi connectivity index (χ1) is 15.0. The lowest BCUT2D eigenvalue weighted by molar-refractivity contribution is 0.0686. The minimum atomic E-state index is -0.863. The summed E-state index contributed by atoms with van der Waals surface area (Å²) in [4.78, 5) is 20.9. The molecule has 2 atom stereocenters. The van der Waals surface area contributed by atoms with Gasteiger partial charge in [-0.25, -0.2) is 9.59 Å². The maximum Gasteiger partial charge on any atom is 0.335 e. The Morgan fingerprint density at radius 3 is 1.16 bits per heavy atom. The monoisotopic (exact) mass is 466 g/mol. The van der Waals surface area contributed by atoms with E-state index in [0.29, 0.717) is 11.1 Å². The van der Waals surface area contributed by atoms with Crippen molar-refractivity contribution in [2.24, 2.45) is 0 Å². The van der Waals surface area contributed by atoms with Crippen molar-refractivity contribution in [1.82, 2.24) is 0 Å². The lowest BCUT2D eigenvalue weighted by atomic mass is 10.1. The van der Waals surface area contributed by atoms with Gasteiger partial charge >= 0.3 is 11.9 Å². The highest BCUT2D eigenvalue weighted by Crippen LogP contribution is 2.08. The molecule has 0 aliphatic rings. The minimum absolute atomic E-state index is 0.356. The van der Waals surface area contributed by atoms with E-state index < -0.39 is 29.5 Å². The van der Waals surface area contributed by atoms with Crippen LogP contribution in [0.1, 0.15) is 72.4 Å². The van der Waals surface area contributed by atoms with Crippen molar-refractivity contribution < 1.29 is 30.0 Å². The van der Waals surface area contributed by atoms with E-state index in [4.69, 9.17) is 32.0 Å². The number of carboxylic acids is 2. The first-order valence-corrected chi connectivity index (χ1v) is 11.1. The standard InChI is InChI=1S/2C10H12O2.C5H11ClO2/c2*1-2-3-8-4-6-9(7-5-8)10(11)12;1-3(7)5(6)4(2)8/h2*4-7H,2-3H2,1H3,(H,11,12);3-5,7-8H,1-2H3. The van der Waals surface area contributed by atoms with Crippen LogP contribution in [-0.4, -0.2) is 49.9 Å². The molecule has 0 aliphatic carbocycles. The van der Waals surface area contributed by atoms with Gasteiger partial charge in [0.2, 0.25) is 0 Å². The summed E-state index contributed by atoms with van der Waals surface area (Å²) in [6.07, 6.45) is 2.92. The van der Waals surface area contributed by atoms with Crippen molar-refractivity contribution in [3.8, 4) is 0 Å². The van der Waals surface area contributed by atoms with Gasteiger partial charge in [0.1, 0.15) is 0 Å². The topological polar surface area (TPSA) is 115 Å². The van der Waals surface area contributed by atoms with Gasteiger partial charge in [-0.05, 0) is 62.1 Å². The van der Waals surface area contributed by atoms with Crippen molar-refractivity contribution in [2.45, 2.75) is 71.0 Å². The Kier molecular flexibility index (Phi) is 15.0. The smallest absolute Gasteiger partial charge is 0.335 e. The zero-order valence-electron chi connectivity index (χ0n) is 19.2. The molecule has 0 amide bonds. The molecule has 0 saturated carbocycles. The number of hydrogen-bond donors (Lipinski definition) is 4.